The maximum atomic E-state index is 11.3. The number of hydrogen-bond donors (Lipinski definition) is 0. The van der Waals surface area contributed by atoms with Gasteiger partial charge in [-0.3, -0.25) is 4.79 Å². The fraction of sp³-hybridized carbons (Fsp3) is 0.852. The maximum Gasteiger partial charge on any atom is 1.00 e. The first kappa shape index (κ1) is 50.3. The van der Waals surface area contributed by atoms with E-state index in [2.05, 4.69) is 69.2 Å². The van der Waals surface area contributed by atoms with Gasteiger partial charge in [0, 0.05) is 23.6 Å². The molecule has 1 aliphatic heterocycles. The topological polar surface area (TPSA) is 201 Å². The van der Waals surface area contributed by atoms with Crippen molar-refractivity contribution in [2.45, 2.75) is 122 Å². The van der Waals surface area contributed by atoms with E-state index in [0.717, 1.165) is 0 Å². The Kier molecular flexibility index (Phi) is 29.1. The van der Waals surface area contributed by atoms with Crippen molar-refractivity contribution >= 4 is 25.0 Å². The molecule has 4 atom stereocenters. The molecule has 230 valence electrons. The Morgan fingerprint density at radius 1 is 0.950 bits per heavy atom. The standard InChI is InChI=1S/C12H25NO2.C12H22O3.2CH3NO.CH4.2K.H2N/c1-8(11(2,3)4)9(12(5,6)7)15-10(13)14;1-10(2,3)8-12(7,11(4,5)6)15-9(13)14-8;2*2-1-3;;;;/h8-9H,1-7H3,(H2,13,14);8H,1-7H3;2*1H,(H2,2,3);1H4;;;1H2/q;;;;;2*+1;-1/p-3/t8-,9?;8?,12-;;;;;;/m10....../s1/i;;2*1D;;;;. The predicted octanol–water partition coefficient (Wildman–Crippen LogP) is 3.40. The van der Waals surface area contributed by atoms with E-state index in [0.29, 0.717) is 0 Å². The van der Waals surface area contributed by atoms with Gasteiger partial charge in [-0.05, 0) is 23.7 Å². The summed E-state index contributed by atoms with van der Waals surface area (Å²) >= 11 is 0. The molecule has 0 bridgehead atoms. The van der Waals surface area contributed by atoms with Gasteiger partial charge in [0.15, 0.2) is 11.7 Å². The molecule has 11 nitrogen and oxygen atoms in total. The molecule has 2 unspecified atom stereocenters. The molecule has 1 aliphatic rings. The summed E-state index contributed by atoms with van der Waals surface area (Å²) in [6.07, 6.45) is -4.58. The van der Waals surface area contributed by atoms with Gasteiger partial charge < -0.3 is 47.2 Å². The number of nitrogens with one attached hydrogen (secondary N) is 3. The van der Waals surface area contributed by atoms with E-state index < -0.39 is 30.6 Å². The van der Waals surface area contributed by atoms with E-state index in [1.165, 1.54) is 0 Å². The van der Waals surface area contributed by atoms with Crippen molar-refractivity contribution in [3.8, 4) is 0 Å². The number of carbonyl (C=O) groups excluding carboxylic acids is 4. The van der Waals surface area contributed by atoms with E-state index in [1.54, 1.807) is 0 Å². The molecule has 1 saturated heterocycles. The van der Waals surface area contributed by atoms with Crippen molar-refractivity contribution in [2.24, 2.45) is 27.6 Å². The minimum atomic E-state index is -1.33. The molecule has 0 aromatic rings. The van der Waals surface area contributed by atoms with Crippen LogP contribution in [0, 0.1) is 27.6 Å². The van der Waals surface area contributed by atoms with Crippen LogP contribution in [-0.4, -0.2) is 42.8 Å². The minimum Gasteiger partial charge on any atom is -0.693 e. The van der Waals surface area contributed by atoms with Crippen LogP contribution in [0.1, 0.15) is 107 Å². The molecule has 5 N–H and O–H groups in total. The molecule has 0 saturated carbocycles. The molecular formula is C27H56K2N4O7-2. The molecular weight excluding hydrogens is 571 g/mol. The van der Waals surface area contributed by atoms with Gasteiger partial charge >= 0.3 is 109 Å². The molecule has 1 rings (SSSR count). The van der Waals surface area contributed by atoms with Crippen LogP contribution >= 0.6 is 0 Å². The van der Waals surface area contributed by atoms with E-state index in [-0.39, 0.29) is 156 Å². The normalized spacial score (nSPS) is 19.9. The van der Waals surface area contributed by atoms with Gasteiger partial charge in [0.1, 0.15) is 6.10 Å². The largest absolute Gasteiger partial charge is 1.00 e. The molecule has 13 heteroatoms. The van der Waals surface area contributed by atoms with Crippen LogP contribution < -0.4 is 103 Å². The van der Waals surface area contributed by atoms with Crippen LogP contribution in [0.15, 0.2) is 0 Å². The molecule has 0 spiro atoms. The SMILES string of the molecule is C.CC(C)(C)C1OC(=O)O[C@]1(C)C(C)(C)C.C[C@H](C(OC([NH-])=O)C(C)(C)C)C(C)(C)C.[2H]C([NH-])=O.[2H]C([NH-])=O.[K+].[K+].[NH2-]. The smallest absolute Gasteiger partial charge is 0.693 e. The van der Waals surface area contributed by atoms with Crippen LogP contribution in [0.25, 0.3) is 23.4 Å². The fourth-order valence-electron chi connectivity index (χ4n) is 3.61. The first-order valence-corrected chi connectivity index (χ1v) is 11.7. The number of ether oxygens (including phenoxy) is 3. The van der Waals surface area contributed by atoms with Crippen molar-refractivity contribution in [3.63, 3.8) is 0 Å². The third-order valence-electron chi connectivity index (χ3n) is 6.19. The molecule has 0 radical (unpaired) electrons. The van der Waals surface area contributed by atoms with E-state index >= 15 is 0 Å². The van der Waals surface area contributed by atoms with Gasteiger partial charge in [-0.15, -0.1) is 0 Å². The number of carbonyl (C=O) groups is 4. The number of rotatable bonds is 2. The van der Waals surface area contributed by atoms with Gasteiger partial charge in [0.05, 0.1) is 2.74 Å². The Morgan fingerprint density at radius 3 is 1.45 bits per heavy atom. The van der Waals surface area contributed by atoms with Crippen molar-refractivity contribution in [1.29, 1.82) is 0 Å². The average Bonchev–Trinajstić information content (AvgIpc) is 2.93. The van der Waals surface area contributed by atoms with Gasteiger partial charge in [-0.1, -0.05) is 97.4 Å². The molecule has 40 heavy (non-hydrogen) atoms. The molecule has 1 heterocycles. The summed E-state index contributed by atoms with van der Waals surface area (Å²) in [6, 6.07) is 0. The van der Waals surface area contributed by atoms with Gasteiger partial charge in [0.25, 0.3) is 0 Å². The number of hydrogen-bond acceptors (Lipinski definition) is 7. The number of nitrogens with two attached hydrogens (primary N) is 1. The second-order valence-corrected chi connectivity index (χ2v) is 13.1. The zero-order valence-electron chi connectivity index (χ0n) is 29.2. The molecule has 0 aromatic heterocycles. The first-order valence-electron chi connectivity index (χ1n) is 12.7. The summed E-state index contributed by atoms with van der Waals surface area (Å²) < 4.78 is 27.1. The Labute approximate surface area is 332 Å². The fourth-order valence-corrected chi connectivity index (χ4v) is 3.61. The van der Waals surface area contributed by atoms with E-state index in [4.69, 9.17) is 43.7 Å². The van der Waals surface area contributed by atoms with E-state index in [1.807, 2.05) is 27.7 Å². The van der Waals surface area contributed by atoms with Crippen molar-refractivity contribution in [1.82, 2.24) is 0 Å². The summed E-state index contributed by atoms with van der Waals surface area (Å²) in [5, 5.41) is 0. The summed E-state index contributed by atoms with van der Waals surface area (Å²) in [7, 11) is 0. The van der Waals surface area contributed by atoms with Gasteiger partial charge in [0.2, 0.25) is 6.09 Å². The van der Waals surface area contributed by atoms with Crippen molar-refractivity contribution in [3.05, 3.63) is 23.4 Å². The molecule has 0 aromatic carbocycles. The Morgan fingerprint density at radius 2 is 1.27 bits per heavy atom. The average molecular weight is 629 g/mol. The van der Waals surface area contributed by atoms with Crippen molar-refractivity contribution < 1.29 is 139 Å². The Bertz CT molecular complexity index is 790. The third kappa shape index (κ3) is 21.4. The zero-order valence-corrected chi connectivity index (χ0v) is 33.4. The number of amides is 3. The maximum absolute atomic E-state index is 11.3. The van der Waals surface area contributed by atoms with Crippen LogP contribution in [-0.2, 0) is 23.8 Å². The quantitative estimate of drug-likeness (QED) is 0.253. The molecule has 3 amide bonds. The molecule has 1 fully saturated rings. The Hall–Kier alpha value is 0.713. The predicted molar refractivity (Wildman–Crippen MR) is 154 cm³/mol. The van der Waals surface area contributed by atoms with Gasteiger partial charge in [-0.2, -0.15) is 0 Å². The first-order chi connectivity index (χ1) is 16.4. The summed E-state index contributed by atoms with van der Waals surface area (Å²) in [5.74, 6) is 0.215. The van der Waals surface area contributed by atoms with Crippen LogP contribution in [0.3, 0.4) is 0 Å². The van der Waals surface area contributed by atoms with Crippen LogP contribution in [0.2, 0.25) is 0 Å². The Balaban J connectivity index is -0.0000000862. The summed E-state index contributed by atoms with van der Waals surface area (Å²) in [5.41, 5.74) is 17.2. The van der Waals surface area contributed by atoms with Crippen molar-refractivity contribution in [2.75, 3.05) is 0 Å². The monoisotopic (exact) mass is 628 g/mol. The second kappa shape index (κ2) is 23.1. The minimum absolute atomic E-state index is 0. The number of cyclic esters (lactones) is 2. The zero-order chi connectivity index (χ0) is 31.7. The second-order valence-electron chi connectivity index (χ2n) is 13.1. The molecule has 0 aliphatic carbocycles. The van der Waals surface area contributed by atoms with Crippen LogP contribution in [0.5, 0.6) is 0 Å². The van der Waals surface area contributed by atoms with Gasteiger partial charge in [-0.25, -0.2) is 4.79 Å². The third-order valence-corrected chi connectivity index (χ3v) is 6.19. The van der Waals surface area contributed by atoms with Crippen LogP contribution in [0.4, 0.5) is 9.59 Å². The summed E-state index contributed by atoms with van der Waals surface area (Å²) in [4.78, 5) is 39.7. The van der Waals surface area contributed by atoms with E-state index in [9.17, 15) is 9.59 Å². The summed E-state index contributed by atoms with van der Waals surface area (Å²) in [6.45, 7) is 28.8.